The Bertz CT molecular complexity index is 843. The Morgan fingerprint density at radius 3 is 2.48 bits per heavy atom. The maximum Gasteiger partial charge on any atom is 0.254 e. The van der Waals surface area contributed by atoms with E-state index >= 15 is 0 Å². The van der Waals surface area contributed by atoms with E-state index in [1.54, 1.807) is 4.68 Å². The van der Waals surface area contributed by atoms with E-state index in [9.17, 15) is 4.79 Å². The van der Waals surface area contributed by atoms with Gasteiger partial charge in [0.1, 0.15) is 11.6 Å². The number of nitrogens with one attached hydrogen (secondary N) is 2. The van der Waals surface area contributed by atoms with Gasteiger partial charge in [-0.15, -0.1) is 0 Å². The minimum absolute atomic E-state index is 0.222. The molecule has 0 aliphatic carbocycles. The van der Waals surface area contributed by atoms with E-state index in [0.29, 0.717) is 24.6 Å². The highest BCUT2D eigenvalue weighted by Crippen LogP contribution is 2.11. The van der Waals surface area contributed by atoms with Crippen LogP contribution in [0.25, 0.3) is 0 Å². The fourth-order valence-corrected chi connectivity index (χ4v) is 2.31. The van der Waals surface area contributed by atoms with Crippen molar-refractivity contribution >= 4 is 17.5 Å². The van der Waals surface area contributed by atoms with Crippen molar-refractivity contribution in [1.82, 2.24) is 30.0 Å². The lowest BCUT2D eigenvalue weighted by atomic mass is 10.3. The third-order valence-corrected chi connectivity index (χ3v) is 3.52. The molecule has 0 saturated carbocycles. The number of amides is 1. The monoisotopic (exact) mass is 337 g/mol. The predicted molar refractivity (Wildman–Crippen MR) is 93.6 cm³/mol. The van der Waals surface area contributed by atoms with Crippen LogP contribution in [0.2, 0.25) is 0 Å². The third-order valence-electron chi connectivity index (χ3n) is 3.52. The van der Waals surface area contributed by atoms with E-state index in [1.165, 1.54) is 12.4 Å². The van der Waals surface area contributed by atoms with Crippen molar-refractivity contribution in [1.29, 1.82) is 0 Å². The SMILES string of the molecule is Cc1nc(C)n(CCNC(=O)c2cnc(Nc3ccccc3)nc2)n1. The van der Waals surface area contributed by atoms with E-state index in [4.69, 9.17) is 0 Å². The predicted octanol–water partition coefficient (Wildman–Crippen LogP) is 1.86. The molecule has 0 saturated heterocycles. The zero-order valence-corrected chi connectivity index (χ0v) is 14.1. The summed E-state index contributed by atoms with van der Waals surface area (Å²) in [6, 6.07) is 9.60. The van der Waals surface area contributed by atoms with E-state index in [-0.39, 0.29) is 5.91 Å². The Labute approximate surface area is 145 Å². The van der Waals surface area contributed by atoms with Crippen LogP contribution in [-0.2, 0) is 6.54 Å². The average Bonchev–Trinajstić information content (AvgIpc) is 2.94. The first-order valence-corrected chi connectivity index (χ1v) is 7.92. The molecule has 3 aromatic rings. The van der Waals surface area contributed by atoms with Crippen molar-refractivity contribution in [2.45, 2.75) is 20.4 Å². The van der Waals surface area contributed by atoms with Gasteiger partial charge < -0.3 is 10.6 Å². The van der Waals surface area contributed by atoms with Gasteiger partial charge in [0.15, 0.2) is 0 Å². The topological polar surface area (TPSA) is 97.6 Å². The summed E-state index contributed by atoms with van der Waals surface area (Å²) in [5.74, 6) is 1.77. The molecular weight excluding hydrogens is 318 g/mol. The molecule has 0 unspecified atom stereocenters. The molecule has 1 aromatic carbocycles. The van der Waals surface area contributed by atoms with Crippen molar-refractivity contribution in [2.24, 2.45) is 0 Å². The maximum atomic E-state index is 12.1. The minimum atomic E-state index is -0.222. The Hall–Kier alpha value is -3.29. The smallest absolute Gasteiger partial charge is 0.254 e. The van der Waals surface area contributed by atoms with Crippen molar-refractivity contribution in [3.63, 3.8) is 0 Å². The van der Waals surface area contributed by atoms with Crippen LogP contribution < -0.4 is 10.6 Å². The van der Waals surface area contributed by atoms with Crippen molar-refractivity contribution in [3.05, 3.63) is 59.9 Å². The fourth-order valence-electron chi connectivity index (χ4n) is 2.31. The zero-order valence-electron chi connectivity index (χ0n) is 14.1. The number of hydrogen-bond acceptors (Lipinski definition) is 6. The number of aryl methyl sites for hydroxylation is 2. The third kappa shape index (κ3) is 4.37. The fraction of sp³-hybridized carbons (Fsp3) is 0.235. The molecule has 128 valence electrons. The summed E-state index contributed by atoms with van der Waals surface area (Å²) in [5, 5.41) is 10.1. The molecule has 0 radical (unpaired) electrons. The largest absolute Gasteiger partial charge is 0.350 e. The highest BCUT2D eigenvalue weighted by atomic mass is 16.1. The second kappa shape index (κ2) is 7.52. The molecule has 0 aliphatic rings. The number of hydrogen-bond donors (Lipinski definition) is 2. The van der Waals surface area contributed by atoms with Crippen LogP contribution in [0.1, 0.15) is 22.0 Å². The normalized spacial score (nSPS) is 10.5. The van der Waals surface area contributed by atoms with Gasteiger partial charge in [-0.2, -0.15) is 5.10 Å². The van der Waals surface area contributed by atoms with E-state index in [1.807, 2.05) is 44.2 Å². The summed E-state index contributed by atoms with van der Waals surface area (Å²) < 4.78 is 1.76. The Morgan fingerprint density at radius 1 is 1.12 bits per heavy atom. The van der Waals surface area contributed by atoms with Gasteiger partial charge in [-0.05, 0) is 26.0 Å². The number of anilines is 2. The highest BCUT2D eigenvalue weighted by Gasteiger charge is 2.08. The molecule has 25 heavy (non-hydrogen) atoms. The number of carbonyl (C=O) groups is 1. The summed E-state index contributed by atoms with van der Waals surface area (Å²) in [5.41, 5.74) is 1.29. The van der Waals surface area contributed by atoms with Gasteiger partial charge in [0.2, 0.25) is 5.95 Å². The number of rotatable bonds is 6. The average molecular weight is 337 g/mol. The Balaban J connectivity index is 1.53. The molecule has 0 fully saturated rings. The summed E-state index contributed by atoms with van der Waals surface area (Å²) >= 11 is 0. The van der Waals surface area contributed by atoms with Gasteiger partial charge in [0.05, 0.1) is 12.1 Å². The van der Waals surface area contributed by atoms with Gasteiger partial charge >= 0.3 is 0 Å². The van der Waals surface area contributed by atoms with Gasteiger partial charge in [-0.3, -0.25) is 4.79 Å². The van der Waals surface area contributed by atoms with Gasteiger partial charge in [0, 0.05) is 24.6 Å². The second-order valence-electron chi connectivity index (χ2n) is 5.47. The van der Waals surface area contributed by atoms with Crippen LogP contribution in [0.15, 0.2) is 42.7 Å². The standard InChI is InChI=1S/C17H19N7O/c1-12-21-13(2)24(23-12)9-8-18-16(25)14-10-19-17(20-11-14)22-15-6-4-3-5-7-15/h3-7,10-11H,8-9H2,1-2H3,(H,18,25)(H,19,20,22). The molecule has 8 heteroatoms. The molecular formula is C17H19N7O. The van der Waals surface area contributed by atoms with Crippen LogP contribution in [-0.4, -0.2) is 37.2 Å². The van der Waals surface area contributed by atoms with Crippen molar-refractivity contribution < 1.29 is 4.79 Å². The lowest BCUT2D eigenvalue weighted by Crippen LogP contribution is -2.28. The lowest BCUT2D eigenvalue weighted by Gasteiger charge is -2.07. The van der Waals surface area contributed by atoms with E-state index in [0.717, 1.165) is 17.3 Å². The number of carbonyl (C=O) groups excluding carboxylic acids is 1. The first kappa shape index (κ1) is 16.6. The molecule has 3 rings (SSSR count). The van der Waals surface area contributed by atoms with Crippen molar-refractivity contribution in [3.8, 4) is 0 Å². The van der Waals surface area contributed by atoms with Crippen LogP contribution >= 0.6 is 0 Å². The molecule has 2 aromatic heterocycles. The summed E-state index contributed by atoms with van der Waals surface area (Å²) in [7, 11) is 0. The summed E-state index contributed by atoms with van der Waals surface area (Å²) in [6.45, 7) is 4.73. The Kier molecular flexibility index (Phi) is 4.98. The van der Waals surface area contributed by atoms with E-state index < -0.39 is 0 Å². The number of nitrogens with zero attached hydrogens (tertiary/aromatic N) is 5. The number of aromatic nitrogens is 5. The first-order chi connectivity index (χ1) is 12.1. The van der Waals surface area contributed by atoms with Crippen LogP contribution in [0.4, 0.5) is 11.6 Å². The molecule has 0 aliphatic heterocycles. The van der Waals surface area contributed by atoms with Crippen molar-refractivity contribution in [2.75, 3.05) is 11.9 Å². The molecule has 8 nitrogen and oxygen atoms in total. The molecule has 2 heterocycles. The van der Waals surface area contributed by atoms with Gasteiger partial charge in [-0.25, -0.2) is 19.6 Å². The Morgan fingerprint density at radius 2 is 1.84 bits per heavy atom. The molecule has 1 amide bonds. The zero-order chi connectivity index (χ0) is 17.6. The van der Waals surface area contributed by atoms with Crippen LogP contribution in [0, 0.1) is 13.8 Å². The first-order valence-electron chi connectivity index (χ1n) is 7.92. The molecule has 0 bridgehead atoms. The molecule has 0 spiro atoms. The summed E-state index contributed by atoms with van der Waals surface area (Å²) in [6.07, 6.45) is 3.00. The van der Waals surface area contributed by atoms with E-state index in [2.05, 4.69) is 30.7 Å². The van der Waals surface area contributed by atoms with Crippen LogP contribution in [0.3, 0.4) is 0 Å². The van der Waals surface area contributed by atoms with Crippen LogP contribution in [0.5, 0.6) is 0 Å². The number of para-hydroxylation sites is 1. The minimum Gasteiger partial charge on any atom is -0.350 e. The second-order valence-corrected chi connectivity index (χ2v) is 5.47. The molecule has 0 atom stereocenters. The highest BCUT2D eigenvalue weighted by molar-refractivity contribution is 5.93. The van der Waals surface area contributed by atoms with Gasteiger partial charge in [-0.1, -0.05) is 18.2 Å². The lowest BCUT2D eigenvalue weighted by molar-refractivity contribution is 0.0951. The van der Waals surface area contributed by atoms with Gasteiger partial charge in [0.25, 0.3) is 5.91 Å². The molecule has 2 N–H and O–H groups in total. The maximum absolute atomic E-state index is 12.1. The summed E-state index contributed by atoms with van der Waals surface area (Å²) in [4.78, 5) is 24.7. The quantitative estimate of drug-likeness (QED) is 0.712. The number of benzene rings is 1.